The molecule has 0 aliphatic rings. The molecule has 60 valence electrons. The Morgan fingerprint density at radius 1 is 1.40 bits per heavy atom. The van der Waals surface area contributed by atoms with Crippen LogP contribution in [-0.2, 0) is 4.74 Å². The lowest BCUT2D eigenvalue weighted by Crippen LogP contribution is -2.02. The van der Waals surface area contributed by atoms with Crippen molar-refractivity contribution in [1.29, 1.82) is 0 Å². The molecule has 1 nitrogen and oxygen atoms in total. The summed E-state index contributed by atoms with van der Waals surface area (Å²) in [6.07, 6.45) is 5.22. The van der Waals surface area contributed by atoms with Crippen LogP contribution in [0.3, 0.4) is 0 Å². The largest absolute Gasteiger partial charge is 0.381 e. The summed E-state index contributed by atoms with van der Waals surface area (Å²) in [7, 11) is 0. The summed E-state index contributed by atoms with van der Waals surface area (Å²) in [5.74, 6) is 0.658. The molecular formula is C9H18O. The molecule has 0 atom stereocenters. The molecule has 0 unspecified atom stereocenters. The van der Waals surface area contributed by atoms with Gasteiger partial charge in [-0.15, -0.1) is 0 Å². The molecule has 0 radical (unpaired) electrons. The van der Waals surface area contributed by atoms with Crippen molar-refractivity contribution in [1.82, 2.24) is 0 Å². The monoisotopic (exact) mass is 142 g/mol. The van der Waals surface area contributed by atoms with Gasteiger partial charge in [-0.2, -0.15) is 0 Å². The molecule has 0 saturated heterocycles. The summed E-state index contributed by atoms with van der Waals surface area (Å²) in [6.45, 7) is 8.10. The maximum Gasteiger partial charge on any atom is 0.0500 e. The zero-order valence-corrected chi connectivity index (χ0v) is 7.26. The highest BCUT2D eigenvalue weighted by Crippen LogP contribution is 1.93. The second kappa shape index (κ2) is 6.81. The van der Waals surface area contributed by atoms with Gasteiger partial charge in [-0.3, -0.25) is 0 Å². The van der Waals surface area contributed by atoms with E-state index in [1.54, 1.807) is 0 Å². The third kappa shape index (κ3) is 7.70. The molecule has 0 fully saturated rings. The Balaban J connectivity index is 2.91. The molecule has 10 heavy (non-hydrogen) atoms. The highest BCUT2D eigenvalue weighted by atomic mass is 16.5. The van der Waals surface area contributed by atoms with Gasteiger partial charge in [0.25, 0.3) is 0 Å². The summed E-state index contributed by atoms with van der Waals surface area (Å²) in [5.41, 5.74) is 0. The zero-order chi connectivity index (χ0) is 7.82. The first kappa shape index (κ1) is 9.70. The van der Waals surface area contributed by atoms with Gasteiger partial charge in [-0.1, -0.05) is 26.0 Å². The van der Waals surface area contributed by atoms with Gasteiger partial charge in [0.1, 0.15) is 0 Å². The van der Waals surface area contributed by atoms with Crippen LogP contribution >= 0.6 is 0 Å². The van der Waals surface area contributed by atoms with Crippen LogP contribution in [0.25, 0.3) is 0 Å². The maximum atomic E-state index is 5.35. The first-order valence-electron chi connectivity index (χ1n) is 3.96. The van der Waals surface area contributed by atoms with Crippen molar-refractivity contribution in [2.24, 2.45) is 5.92 Å². The maximum absolute atomic E-state index is 5.35. The first-order chi connectivity index (χ1) is 4.77. The highest BCUT2D eigenvalue weighted by molar-refractivity contribution is 4.75. The van der Waals surface area contributed by atoms with Crippen molar-refractivity contribution in [3.8, 4) is 0 Å². The quantitative estimate of drug-likeness (QED) is 0.423. The van der Waals surface area contributed by atoms with E-state index >= 15 is 0 Å². The van der Waals surface area contributed by atoms with Crippen LogP contribution < -0.4 is 0 Å². The third-order valence-corrected chi connectivity index (χ3v) is 1.12. The van der Waals surface area contributed by atoms with Crippen molar-refractivity contribution in [2.45, 2.75) is 27.2 Å². The van der Waals surface area contributed by atoms with Crippen molar-refractivity contribution in [3.05, 3.63) is 12.2 Å². The number of allylic oxidation sites excluding steroid dienone is 1. The Kier molecular flexibility index (Phi) is 6.61. The lowest BCUT2D eigenvalue weighted by Gasteiger charge is -2.03. The van der Waals surface area contributed by atoms with E-state index in [9.17, 15) is 0 Å². The Bertz CT molecular complexity index is 84.7. The van der Waals surface area contributed by atoms with Crippen LogP contribution in [-0.4, -0.2) is 13.2 Å². The van der Waals surface area contributed by atoms with Crippen LogP contribution in [0.1, 0.15) is 27.2 Å². The van der Waals surface area contributed by atoms with Crippen molar-refractivity contribution in [2.75, 3.05) is 13.2 Å². The van der Waals surface area contributed by atoms with Crippen LogP contribution in [0.5, 0.6) is 0 Å². The molecule has 0 N–H and O–H groups in total. The van der Waals surface area contributed by atoms with Crippen molar-refractivity contribution < 1.29 is 4.74 Å². The normalized spacial score (nSPS) is 11.6. The summed E-state index contributed by atoms with van der Waals surface area (Å²) < 4.78 is 5.35. The Labute approximate surface area is 64.1 Å². The fraction of sp³-hybridized carbons (Fsp3) is 0.778. The molecule has 0 aromatic heterocycles. The Morgan fingerprint density at radius 3 is 2.60 bits per heavy atom. The van der Waals surface area contributed by atoms with Crippen molar-refractivity contribution in [3.63, 3.8) is 0 Å². The van der Waals surface area contributed by atoms with E-state index in [4.69, 9.17) is 4.74 Å². The summed E-state index contributed by atoms with van der Waals surface area (Å²) >= 11 is 0. The number of hydrogen-bond donors (Lipinski definition) is 0. The summed E-state index contributed by atoms with van der Waals surface area (Å²) in [6, 6.07) is 0. The van der Waals surface area contributed by atoms with Gasteiger partial charge in [0.15, 0.2) is 0 Å². The van der Waals surface area contributed by atoms with E-state index in [0.29, 0.717) is 5.92 Å². The Hall–Kier alpha value is -0.300. The molecule has 0 saturated carbocycles. The molecule has 0 heterocycles. The molecule has 0 rings (SSSR count). The predicted molar refractivity (Wildman–Crippen MR) is 45.1 cm³/mol. The molecule has 0 amide bonds. The second-order valence-electron chi connectivity index (χ2n) is 2.83. The SMILES string of the molecule is CC=CCCOCC(C)C. The van der Waals surface area contributed by atoms with Crippen LogP contribution in [0.15, 0.2) is 12.2 Å². The first-order valence-corrected chi connectivity index (χ1v) is 3.96. The summed E-state index contributed by atoms with van der Waals surface area (Å²) in [5, 5.41) is 0. The molecule has 0 aliphatic heterocycles. The lowest BCUT2D eigenvalue weighted by atomic mass is 10.2. The van der Waals surface area contributed by atoms with E-state index in [-0.39, 0.29) is 0 Å². The number of ether oxygens (including phenoxy) is 1. The average Bonchev–Trinajstić information content (AvgIpc) is 1.87. The van der Waals surface area contributed by atoms with E-state index in [1.807, 2.05) is 6.92 Å². The standard InChI is InChI=1S/C9H18O/c1-4-5-6-7-10-8-9(2)3/h4-5,9H,6-8H2,1-3H3. The van der Waals surface area contributed by atoms with Gasteiger partial charge >= 0.3 is 0 Å². The fourth-order valence-corrected chi connectivity index (χ4v) is 0.637. The predicted octanol–water partition coefficient (Wildman–Crippen LogP) is 2.63. The molecule has 1 heteroatoms. The van der Waals surface area contributed by atoms with Crippen molar-refractivity contribution >= 4 is 0 Å². The fourth-order valence-electron chi connectivity index (χ4n) is 0.637. The molecule has 0 aromatic rings. The molecule has 0 aromatic carbocycles. The minimum absolute atomic E-state index is 0.658. The third-order valence-electron chi connectivity index (χ3n) is 1.12. The van der Waals surface area contributed by atoms with Crippen LogP contribution in [0.4, 0.5) is 0 Å². The van der Waals surface area contributed by atoms with Gasteiger partial charge in [-0.25, -0.2) is 0 Å². The second-order valence-corrected chi connectivity index (χ2v) is 2.83. The number of hydrogen-bond acceptors (Lipinski definition) is 1. The minimum atomic E-state index is 0.658. The van der Waals surface area contributed by atoms with Gasteiger partial charge in [-0.05, 0) is 19.3 Å². The molecule has 0 bridgehead atoms. The van der Waals surface area contributed by atoms with Crippen LogP contribution in [0, 0.1) is 5.92 Å². The minimum Gasteiger partial charge on any atom is -0.381 e. The Morgan fingerprint density at radius 2 is 2.10 bits per heavy atom. The van der Waals surface area contributed by atoms with Gasteiger partial charge < -0.3 is 4.74 Å². The van der Waals surface area contributed by atoms with Gasteiger partial charge in [0.2, 0.25) is 0 Å². The smallest absolute Gasteiger partial charge is 0.0500 e. The highest BCUT2D eigenvalue weighted by Gasteiger charge is 1.90. The van der Waals surface area contributed by atoms with E-state index in [1.165, 1.54) is 0 Å². The molecule has 0 aliphatic carbocycles. The molecular weight excluding hydrogens is 124 g/mol. The molecule has 0 spiro atoms. The summed E-state index contributed by atoms with van der Waals surface area (Å²) in [4.78, 5) is 0. The van der Waals surface area contributed by atoms with E-state index < -0.39 is 0 Å². The topological polar surface area (TPSA) is 9.23 Å². The van der Waals surface area contributed by atoms with Gasteiger partial charge in [0.05, 0.1) is 6.61 Å². The van der Waals surface area contributed by atoms with Crippen LogP contribution in [0.2, 0.25) is 0 Å². The van der Waals surface area contributed by atoms with E-state index in [2.05, 4.69) is 26.0 Å². The zero-order valence-electron chi connectivity index (χ0n) is 7.26. The number of rotatable bonds is 5. The average molecular weight is 142 g/mol. The van der Waals surface area contributed by atoms with Gasteiger partial charge in [0, 0.05) is 6.61 Å². The van der Waals surface area contributed by atoms with E-state index in [0.717, 1.165) is 19.6 Å². The lowest BCUT2D eigenvalue weighted by molar-refractivity contribution is 0.114.